The van der Waals surface area contributed by atoms with Crippen molar-refractivity contribution in [3.63, 3.8) is 0 Å². The number of nitrogens with one attached hydrogen (secondary N) is 1. The topological polar surface area (TPSA) is 50.8 Å². The zero-order chi connectivity index (χ0) is 19.2. The normalized spacial score (nSPS) is 17.1. The molecule has 1 aliphatic rings. The van der Waals surface area contributed by atoms with E-state index >= 15 is 0 Å². The standard InChI is InChI=1S/C21H26N2O3S/c1-15-6-4-5-7-17(15)20-10-11-23(12-13-27-20)21(24)22-16-8-9-18(25-2)19(14-16)26-3/h4-9,14,20H,10-13H2,1-3H3,(H,22,24). The molecule has 1 aliphatic heterocycles. The molecule has 5 nitrogen and oxygen atoms in total. The van der Waals surface area contributed by atoms with Crippen LogP contribution in [0.25, 0.3) is 0 Å². The van der Waals surface area contributed by atoms with E-state index in [1.54, 1.807) is 26.4 Å². The maximum atomic E-state index is 12.7. The van der Waals surface area contributed by atoms with Gasteiger partial charge in [-0.1, -0.05) is 24.3 Å². The van der Waals surface area contributed by atoms with Crippen molar-refractivity contribution in [2.45, 2.75) is 18.6 Å². The highest BCUT2D eigenvalue weighted by Crippen LogP contribution is 2.36. The van der Waals surface area contributed by atoms with Crippen LogP contribution in [0.4, 0.5) is 10.5 Å². The minimum Gasteiger partial charge on any atom is -0.493 e. The van der Waals surface area contributed by atoms with Gasteiger partial charge in [0.25, 0.3) is 0 Å². The largest absolute Gasteiger partial charge is 0.493 e. The van der Waals surface area contributed by atoms with Gasteiger partial charge >= 0.3 is 6.03 Å². The van der Waals surface area contributed by atoms with E-state index in [1.165, 1.54) is 11.1 Å². The number of amides is 2. The van der Waals surface area contributed by atoms with Crippen molar-refractivity contribution in [1.82, 2.24) is 4.90 Å². The molecule has 27 heavy (non-hydrogen) atoms. The number of nitrogens with zero attached hydrogens (tertiary/aromatic N) is 1. The van der Waals surface area contributed by atoms with Crippen molar-refractivity contribution < 1.29 is 14.3 Å². The lowest BCUT2D eigenvalue weighted by Crippen LogP contribution is -2.36. The van der Waals surface area contributed by atoms with Crippen LogP contribution in [-0.4, -0.2) is 44.0 Å². The highest BCUT2D eigenvalue weighted by Gasteiger charge is 2.23. The number of methoxy groups -OCH3 is 2. The molecule has 0 aromatic heterocycles. The molecule has 144 valence electrons. The molecule has 1 N–H and O–H groups in total. The van der Waals surface area contributed by atoms with E-state index < -0.39 is 0 Å². The number of carbonyl (C=O) groups excluding carboxylic acids is 1. The first-order chi connectivity index (χ1) is 13.1. The molecule has 0 radical (unpaired) electrons. The maximum Gasteiger partial charge on any atom is 0.321 e. The number of carbonyl (C=O) groups is 1. The Hall–Kier alpha value is -2.34. The van der Waals surface area contributed by atoms with E-state index in [2.05, 4.69) is 36.5 Å². The summed E-state index contributed by atoms with van der Waals surface area (Å²) in [6, 6.07) is 13.8. The lowest BCUT2D eigenvalue weighted by atomic mass is 10.0. The zero-order valence-electron chi connectivity index (χ0n) is 16.0. The summed E-state index contributed by atoms with van der Waals surface area (Å²) in [6.45, 7) is 3.64. The number of rotatable bonds is 4. The van der Waals surface area contributed by atoms with Crippen LogP contribution in [0.3, 0.4) is 0 Å². The summed E-state index contributed by atoms with van der Waals surface area (Å²) >= 11 is 1.93. The van der Waals surface area contributed by atoms with Gasteiger partial charge in [-0.25, -0.2) is 4.79 Å². The smallest absolute Gasteiger partial charge is 0.321 e. The van der Waals surface area contributed by atoms with Crippen molar-refractivity contribution in [1.29, 1.82) is 0 Å². The molecule has 1 fully saturated rings. The molecular weight excluding hydrogens is 360 g/mol. The molecule has 1 unspecified atom stereocenters. The number of anilines is 1. The molecule has 0 bridgehead atoms. The van der Waals surface area contributed by atoms with E-state index in [4.69, 9.17) is 9.47 Å². The quantitative estimate of drug-likeness (QED) is 0.826. The number of ether oxygens (including phenoxy) is 2. The van der Waals surface area contributed by atoms with Gasteiger partial charge in [-0.15, -0.1) is 0 Å². The molecule has 1 saturated heterocycles. The van der Waals surface area contributed by atoms with Gasteiger partial charge in [0, 0.05) is 35.8 Å². The summed E-state index contributed by atoms with van der Waals surface area (Å²) in [5.41, 5.74) is 3.40. The predicted molar refractivity (Wildman–Crippen MR) is 111 cm³/mol. The molecule has 0 aliphatic carbocycles. The van der Waals surface area contributed by atoms with Crippen molar-refractivity contribution >= 4 is 23.5 Å². The monoisotopic (exact) mass is 386 g/mol. The van der Waals surface area contributed by atoms with E-state index in [0.717, 1.165) is 25.3 Å². The van der Waals surface area contributed by atoms with E-state index in [9.17, 15) is 4.79 Å². The number of hydrogen-bond acceptors (Lipinski definition) is 4. The molecule has 1 heterocycles. The summed E-state index contributed by atoms with van der Waals surface area (Å²) in [5.74, 6) is 2.17. The van der Waals surface area contributed by atoms with Gasteiger partial charge in [0.15, 0.2) is 11.5 Å². The predicted octanol–water partition coefficient (Wildman–Crippen LogP) is 4.72. The molecule has 0 saturated carbocycles. The first kappa shape index (κ1) is 19.4. The molecule has 2 aromatic rings. The lowest BCUT2D eigenvalue weighted by molar-refractivity contribution is 0.215. The highest BCUT2D eigenvalue weighted by atomic mass is 32.2. The van der Waals surface area contributed by atoms with Crippen molar-refractivity contribution in [2.75, 3.05) is 38.4 Å². The molecule has 2 aromatic carbocycles. The molecule has 1 atom stereocenters. The summed E-state index contributed by atoms with van der Waals surface area (Å²) in [7, 11) is 3.18. The van der Waals surface area contributed by atoms with Gasteiger partial charge in [-0.3, -0.25) is 0 Å². The number of hydrogen-bond donors (Lipinski definition) is 1. The van der Waals surface area contributed by atoms with Gasteiger partial charge in [0.05, 0.1) is 14.2 Å². The van der Waals surface area contributed by atoms with Crippen molar-refractivity contribution in [3.05, 3.63) is 53.6 Å². The van der Waals surface area contributed by atoms with E-state index in [-0.39, 0.29) is 6.03 Å². The van der Waals surface area contributed by atoms with Gasteiger partial charge < -0.3 is 19.7 Å². The minimum absolute atomic E-state index is 0.0757. The Morgan fingerprint density at radius 1 is 1.11 bits per heavy atom. The Bertz CT molecular complexity index is 797. The third kappa shape index (κ3) is 4.69. The second-order valence-corrected chi connectivity index (χ2v) is 7.80. The van der Waals surface area contributed by atoms with Gasteiger partial charge in [-0.2, -0.15) is 11.8 Å². The lowest BCUT2D eigenvalue weighted by Gasteiger charge is -2.21. The molecule has 0 spiro atoms. The molecule has 6 heteroatoms. The summed E-state index contributed by atoms with van der Waals surface area (Å²) < 4.78 is 10.5. The van der Waals surface area contributed by atoms with Crippen molar-refractivity contribution in [3.8, 4) is 11.5 Å². The van der Waals surface area contributed by atoms with Crippen LogP contribution in [0.2, 0.25) is 0 Å². The van der Waals surface area contributed by atoms with Gasteiger partial charge in [0.1, 0.15) is 0 Å². The van der Waals surface area contributed by atoms with Crippen LogP contribution < -0.4 is 14.8 Å². The summed E-state index contributed by atoms with van der Waals surface area (Å²) in [5, 5.41) is 3.41. The molecule has 2 amide bonds. The molecule has 3 rings (SSSR count). The van der Waals surface area contributed by atoms with Crippen LogP contribution in [-0.2, 0) is 0 Å². The van der Waals surface area contributed by atoms with Crippen LogP contribution in [0.1, 0.15) is 22.8 Å². The number of thioether (sulfide) groups is 1. The van der Waals surface area contributed by atoms with E-state index in [0.29, 0.717) is 22.4 Å². The Morgan fingerprint density at radius 3 is 2.63 bits per heavy atom. The first-order valence-electron chi connectivity index (χ1n) is 9.07. The average Bonchev–Trinajstić information content (AvgIpc) is 2.94. The Morgan fingerprint density at radius 2 is 1.89 bits per heavy atom. The van der Waals surface area contributed by atoms with Crippen LogP contribution >= 0.6 is 11.8 Å². The third-order valence-electron chi connectivity index (χ3n) is 4.80. The van der Waals surface area contributed by atoms with Crippen LogP contribution in [0.15, 0.2) is 42.5 Å². The number of urea groups is 1. The fourth-order valence-corrected chi connectivity index (χ4v) is 4.61. The Kier molecular flexibility index (Phi) is 6.50. The second-order valence-electron chi connectivity index (χ2n) is 6.49. The van der Waals surface area contributed by atoms with Gasteiger partial charge in [-0.05, 0) is 36.6 Å². The summed E-state index contributed by atoms with van der Waals surface area (Å²) in [4.78, 5) is 14.6. The van der Waals surface area contributed by atoms with Crippen molar-refractivity contribution in [2.24, 2.45) is 0 Å². The Balaban J connectivity index is 1.64. The van der Waals surface area contributed by atoms with Crippen LogP contribution in [0.5, 0.6) is 11.5 Å². The maximum absolute atomic E-state index is 12.7. The van der Waals surface area contributed by atoms with E-state index in [1.807, 2.05) is 22.7 Å². The second kappa shape index (κ2) is 9.04. The minimum atomic E-state index is -0.0757. The zero-order valence-corrected chi connectivity index (χ0v) is 16.8. The molecular formula is C21H26N2O3S. The SMILES string of the molecule is COc1ccc(NC(=O)N2CCSC(c3ccccc3C)CC2)cc1OC. The fourth-order valence-electron chi connectivity index (χ4n) is 3.29. The van der Waals surface area contributed by atoms with Gasteiger partial charge in [0.2, 0.25) is 0 Å². The number of aryl methyl sites for hydroxylation is 1. The van der Waals surface area contributed by atoms with Crippen LogP contribution in [0, 0.1) is 6.92 Å². The fraction of sp³-hybridized carbons (Fsp3) is 0.381. The first-order valence-corrected chi connectivity index (χ1v) is 10.1. The highest BCUT2D eigenvalue weighted by molar-refractivity contribution is 7.99. The summed E-state index contributed by atoms with van der Waals surface area (Å²) in [6.07, 6.45) is 0.953. The average molecular weight is 387 g/mol. The third-order valence-corrected chi connectivity index (χ3v) is 6.11. The Labute approximate surface area is 165 Å². The number of benzene rings is 2.